The first kappa shape index (κ1) is 19.4. The summed E-state index contributed by atoms with van der Waals surface area (Å²) < 4.78 is 63.3. The molecule has 138 valence electrons. The Labute approximate surface area is 146 Å². The van der Waals surface area contributed by atoms with Gasteiger partial charge in [-0.05, 0) is 19.1 Å². The Morgan fingerprint density at radius 1 is 1.15 bits per heavy atom. The van der Waals surface area contributed by atoms with E-state index in [1.54, 1.807) is 4.83 Å². The number of rotatable bonds is 5. The van der Waals surface area contributed by atoms with Crippen LogP contribution in [0.1, 0.15) is 18.1 Å². The van der Waals surface area contributed by atoms with Crippen molar-refractivity contribution in [3.63, 3.8) is 0 Å². The summed E-state index contributed by atoms with van der Waals surface area (Å²) in [6, 6.07) is 8.90. The highest BCUT2D eigenvalue weighted by atomic mass is 32.2. The molecule has 0 aliphatic carbocycles. The zero-order chi connectivity index (χ0) is 19.5. The minimum absolute atomic E-state index is 0.0433. The molecule has 0 amide bonds. The lowest BCUT2D eigenvalue weighted by Gasteiger charge is -2.12. The first-order chi connectivity index (χ1) is 12.0. The Hall–Kier alpha value is -2.95. The van der Waals surface area contributed by atoms with Crippen LogP contribution >= 0.6 is 0 Å². The number of non-ortho nitro benzene ring substituents is 1. The van der Waals surface area contributed by atoms with Crippen LogP contribution in [0.25, 0.3) is 0 Å². The second-order valence-electron chi connectivity index (χ2n) is 5.09. The highest BCUT2D eigenvalue weighted by molar-refractivity contribution is 7.89. The molecule has 26 heavy (non-hydrogen) atoms. The highest BCUT2D eigenvalue weighted by Crippen LogP contribution is 2.33. The van der Waals surface area contributed by atoms with Gasteiger partial charge in [0.05, 0.1) is 16.2 Å². The molecular weight excluding hydrogens is 375 g/mol. The normalized spacial score (nSPS) is 12.7. The summed E-state index contributed by atoms with van der Waals surface area (Å²) in [4.78, 5) is 10.9. The number of sulfonamides is 1. The SMILES string of the molecule is C/C(=N\NS(=O)(=O)c1ccccc1C(F)(F)F)c1cccc([N+](=O)[O-])c1. The summed E-state index contributed by atoms with van der Waals surface area (Å²) in [7, 11) is -4.59. The minimum Gasteiger partial charge on any atom is -0.258 e. The lowest BCUT2D eigenvalue weighted by atomic mass is 10.1. The predicted octanol–water partition coefficient (Wildman–Crippen LogP) is 3.32. The lowest BCUT2D eigenvalue weighted by molar-refractivity contribution is -0.384. The third-order valence-electron chi connectivity index (χ3n) is 3.29. The fraction of sp³-hybridized carbons (Fsp3) is 0.133. The van der Waals surface area contributed by atoms with Gasteiger partial charge < -0.3 is 0 Å². The summed E-state index contributed by atoms with van der Waals surface area (Å²) in [6.07, 6.45) is -4.86. The smallest absolute Gasteiger partial charge is 0.258 e. The average molecular weight is 387 g/mol. The number of nitro benzene ring substituents is 1. The topological polar surface area (TPSA) is 102 Å². The first-order valence-electron chi connectivity index (χ1n) is 6.99. The second kappa shape index (κ2) is 7.12. The van der Waals surface area contributed by atoms with Crippen molar-refractivity contribution >= 4 is 21.4 Å². The molecule has 0 atom stereocenters. The van der Waals surface area contributed by atoms with Crippen LogP contribution in [0.4, 0.5) is 18.9 Å². The van der Waals surface area contributed by atoms with Crippen molar-refractivity contribution in [2.45, 2.75) is 18.0 Å². The van der Waals surface area contributed by atoms with Crippen molar-refractivity contribution in [2.24, 2.45) is 5.10 Å². The van der Waals surface area contributed by atoms with Crippen molar-refractivity contribution in [1.29, 1.82) is 0 Å². The van der Waals surface area contributed by atoms with Crippen molar-refractivity contribution in [3.8, 4) is 0 Å². The van der Waals surface area contributed by atoms with Crippen LogP contribution in [0.3, 0.4) is 0 Å². The Morgan fingerprint density at radius 3 is 2.42 bits per heavy atom. The predicted molar refractivity (Wildman–Crippen MR) is 87.1 cm³/mol. The maximum Gasteiger partial charge on any atom is 0.417 e. The molecule has 0 unspecified atom stereocenters. The number of halogens is 3. The molecule has 2 aromatic carbocycles. The van der Waals surface area contributed by atoms with Crippen LogP contribution in [0.15, 0.2) is 58.5 Å². The number of benzene rings is 2. The minimum atomic E-state index is -4.86. The van der Waals surface area contributed by atoms with Gasteiger partial charge in [-0.25, -0.2) is 0 Å². The zero-order valence-electron chi connectivity index (χ0n) is 13.2. The maximum atomic E-state index is 13.0. The molecule has 0 spiro atoms. The van der Waals surface area contributed by atoms with Crippen LogP contribution in [-0.2, 0) is 16.2 Å². The number of nitrogens with one attached hydrogen (secondary N) is 1. The third-order valence-corrected chi connectivity index (χ3v) is 4.56. The summed E-state index contributed by atoms with van der Waals surface area (Å²) >= 11 is 0. The van der Waals surface area contributed by atoms with Crippen LogP contribution in [0.2, 0.25) is 0 Å². The summed E-state index contributed by atoms with van der Waals surface area (Å²) in [5, 5.41) is 14.3. The fourth-order valence-electron chi connectivity index (χ4n) is 2.02. The Morgan fingerprint density at radius 2 is 1.81 bits per heavy atom. The molecule has 0 fully saturated rings. The van der Waals surface area contributed by atoms with Crippen LogP contribution in [0, 0.1) is 10.1 Å². The molecule has 0 aromatic heterocycles. The molecule has 1 N–H and O–H groups in total. The van der Waals surface area contributed by atoms with Gasteiger partial charge >= 0.3 is 6.18 Å². The van der Waals surface area contributed by atoms with E-state index in [2.05, 4.69) is 5.10 Å². The van der Waals surface area contributed by atoms with Gasteiger partial charge in [0.1, 0.15) is 4.90 Å². The van der Waals surface area contributed by atoms with Crippen LogP contribution in [0.5, 0.6) is 0 Å². The molecule has 0 heterocycles. The van der Waals surface area contributed by atoms with Crippen molar-refractivity contribution in [2.75, 3.05) is 0 Å². The highest BCUT2D eigenvalue weighted by Gasteiger charge is 2.36. The van der Waals surface area contributed by atoms with E-state index in [1.807, 2.05) is 0 Å². The molecule has 0 saturated heterocycles. The molecule has 0 aliphatic rings. The maximum absolute atomic E-state index is 13.0. The molecule has 0 aliphatic heterocycles. The van der Waals surface area contributed by atoms with Gasteiger partial charge in [0.2, 0.25) is 0 Å². The van der Waals surface area contributed by atoms with Crippen molar-refractivity contribution < 1.29 is 26.5 Å². The van der Waals surface area contributed by atoms with E-state index < -0.39 is 31.6 Å². The molecule has 0 bridgehead atoms. The van der Waals surface area contributed by atoms with Gasteiger partial charge in [0.25, 0.3) is 15.7 Å². The van der Waals surface area contributed by atoms with E-state index in [-0.39, 0.29) is 17.0 Å². The Balaban J connectivity index is 2.35. The fourth-order valence-corrected chi connectivity index (χ4v) is 3.11. The summed E-state index contributed by atoms with van der Waals surface area (Å²) in [6.45, 7) is 1.36. The number of hydrogen-bond donors (Lipinski definition) is 1. The van der Waals surface area contributed by atoms with E-state index in [1.165, 1.54) is 25.1 Å². The Kier molecular flexibility index (Phi) is 5.30. The molecule has 7 nitrogen and oxygen atoms in total. The van der Waals surface area contributed by atoms with E-state index in [0.29, 0.717) is 6.07 Å². The monoisotopic (exact) mass is 387 g/mol. The number of nitrogens with zero attached hydrogens (tertiary/aromatic N) is 2. The van der Waals surface area contributed by atoms with Gasteiger partial charge in [-0.1, -0.05) is 24.3 Å². The van der Waals surface area contributed by atoms with Gasteiger partial charge in [0.15, 0.2) is 0 Å². The molecule has 2 rings (SSSR count). The first-order valence-corrected chi connectivity index (χ1v) is 8.48. The lowest BCUT2D eigenvalue weighted by Crippen LogP contribution is -2.23. The van der Waals surface area contributed by atoms with Crippen molar-refractivity contribution in [3.05, 3.63) is 69.8 Å². The van der Waals surface area contributed by atoms with E-state index in [4.69, 9.17) is 0 Å². The van der Waals surface area contributed by atoms with Gasteiger partial charge in [0, 0.05) is 17.7 Å². The van der Waals surface area contributed by atoms with E-state index in [0.717, 1.165) is 24.3 Å². The quantitative estimate of drug-likeness (QED) is 0.483. The largest absolute Gasteiger partial charge is 0.417 e. The second-order valence-corrected chi connectivity index (χ2v) is 6.72. The van der Waals surface area contributed by atoms with Crippen LogP contribution in [-0.4, -0.2) is 19.1 Å². The Bertz CT molecular complexity index is 972. The molecule has 0 saturated carbocycles. The van der Waals surface area contributed by atoms with Gasteiger partial charge in [-0.2, -0.15) is 31.5 Å². The molecule has 11 heteroatoms. The number of hydrazone groups is 1. The number of nitro groups is 1. The van der Waals surface area contributed by atoms with E-state index >= 15 is 0 Å². The average Bonchev–Trinajstić information content (AvgIpc) is 2.59. The van der Waals surface area contributed by atoms with Gasteiger partial charge in [-0.15, -0.1) is 0 Å². The van der Waals surface area contributed by atoms with E-state index in [9.17, 15) is 31.7 Å². The molecule has 0 radical (unpaired) electrons. The number of alkyl halides is 3. The zero-order valence-corrected chi connectivity index (χ0v) is 14.0. The molecule has 2 aromatic rings. The van der Waals surface area contributed by atoms with Gasteiger partial charge in [-0.3, -0.25) is 10.1 Å². The summed E-state index contributed by atoms with van der Waals surface area (Å²) in [5.74, 6) is 0. The third kappa shape index (κ3) is 4.36. The molecular formula is C15H12F3N3O4S. The van der Waals surface area contributed by atoms with Crippen molar-refractivity contribution in [1.82, 2.24) is 4.83 Å². The standard InChI is InChI=1S/C15H12F3N3O4S/c1-10(11-5-4-6-12(9-11)21(22)23)19-20-26(24,25)14-8-3-2-7-13(14)15(16,17)18/h2-9,20H,1H3/b19-10+. The van der Waals surface area contributed by atoms with Crippen LogP contribution < -0.4 is 4.83 Å². The summed E-state index contributed by atoms with van der Waals surface area (Å²) in [5.41, 5.74) is -1.27. The number of hydrogen-bond acceptors (Lipinski definition) is 5.